The van der Waals surface area contributed by atoms with Crippen LogP contribution in [0.2, 0.25) is 5.15 Å². The molecule has 0 spiro atoms. The predicted octanol–water partition coefficient (Wildman–Crippen LogP) is 4.56. The third kappa shape index (κ3) is 3.01. The van der Waals surface area contributed by atoms with Gasteiger partial charge in [0.1, 0.15) is 5.65 Å². The van der Waals surface area contributed by atoms with Gasteiger partial charge in [0.2, 0.25) is 5.91 Å². The van der Waals surface area contributed by atoms with E-state index in [0.29, 0.717) is 16.0 Å². The minimum Gasteiger partial charge on any atom is -0.299 e. The maximum atomic E-state index is 12.2. The molecule has 0 fully saturated rings. The Morgan fingerprint density at radius 2 is 2.12 bits per heavy atom. The van der Waals surface area contributed by atoms with Crippen molar-refractivity contribution >= 4 is 55.9 Å². The van der Waals surface area contributed by atoms with Gasteiger partial charge in [-0.2, -0.15) is 0 Å². The van der Waals surface area contributed by atoms with Crippen molar-refractivity contribution in [3.8, 4) is 0 Å². The maximum Gasteiger partial charge on any atom is 0.250 e. The fourth-order valence-electron chi connectivity index (χ4n) is 2.58. The molecule has 1 amide bonds. The number of benzene rings is 1. The van der Waals surface area contributed by atoms with Crippen molar-refractivity contribution in [2.45, 2.75) is 6.92 Å². The number of aryl methyl sites for hydroxylation is 1. The van der Waals surface area contributed by atoms with E-state index < -0.39 is 0 Å². The maximum absolute atomic E-state index is 12.2. The van der Waals surface area contributed by atoms with Gasteiger partial charge in [0.15, 0.2) is 10.3 Å². The normalized spacial score (nSPS) is 11.6. The van der Waals surface area contributed by atoms with Crippen LogP contribution in [-0.4, -0.2) is 20.3 Å². The Balaban J connectivity index is 1.57. The van der Waals surface area contributed by atoms with Crippen molar-refractivity contribution < 1.29 is 4.79 Å². The third-order valence-corrected chi connectivity index (χ3v) is 4.98. The average Bonchev–Trinajstić information content (AvgIpc) is 3.13. The number of rotatable bonds is 3. The second-order valence-corrected chi connectivity index (χ2v) is 6.87. The molecule has 0 saturated heterocycles. The number of anilines is 1. The lowest BCUT2D eigenvalue weighted by Gasteiger charge is -1.97. The number of pyridine rings is 1. The number of aromatic nitrogens is 3. The summed E-state index contributed by atoms with van der Waals surface area (Å²) in [5.74, 6) is -0.265. The molecule has 5 nitrogen and oxygen atoms in total. The number of halogens is 1. The summed E-state index contributed by atoms with van der Waals surface area (Å²) in [5, 5.41) is 3.72. The molecule has 0 atom stereocenters. The topological polar surface area (TPSA) is 59.3 Å². The van der Waals surface area contributed by atoms with Crippen LogP contribution in [0.3, 0.4) is 0 Å². The first-order valence-corrected chi connectivity index (χ1v) is 8.79. The van der Waals surface area contributed by atoms with Gasteiger partial charge < -0.3 is 0 Å². The van der Waals surface area contributed by atoms with Gasteiger partial charge in [0.05, 0.1) is 15.9 Å². The second-order valence-electron chi connectivity index (χ2n) is 5.48. The molecule has 25 heavy (non-hydrogen) atoms. The number of carbonyl (C=O) groups is 1. The zero-order chi connectivity index (χ0) is 17.4. The number of nitrogens with one attached hydrogen (secondary N) is 1. The van der Waals surface area contributed by atoms with Crippen LogP contribution in [0.15, 0.2) is 48.7 Å². The summed E-state index contributed by atoms with van der Waals surface area (Å²) in [6.45, 7) is 2.00. The Morgan fingerprint density at radius 1 is 1.24 bits per heavy atom. The van der Waals surface area contributed by atoms with E-state index in [2.05, 4.69) is 15.3 Å². The van der Waals surface area contributed by atoms with Gasteiger partial charge in [0.25, 0.3) is 0 Å². The van der Waals surface area contributed by atoms with Crippen molar-refractivity contribution in [3.63, 3.8) is 0 Å². The van der Waals surface area contributed by atoms with E-state index in [1.54, 1.807) is 6.08 Å². The molecule has 7 heteroatoms. The SMILES string of the molecule is Cc1cccc2sc(NC(=O)/C=C/c3c(Cl)nc4ccccn34)nc12. The van der Waals surface area contributed by atoms with Crippen LogP contribution in [0.1, 0.15) is 11.3 Å². The summed E-state index contributed by atoms with van der Waals surface area (Å²) >= 11 is 7.61. The molecule has 4 rings (SSSR count). The molecular formula is C18H13ClN4OS. The number of hydrogen-bond acceptors (Lipinski definition) is 4. The number of nitrogens with zero attached hydrogens (tertiary/aromatic N) is 3. The van der Waals surface area contributed by atoms with Gasteiger partial charge in [-0.15, -0.1) is 0 Å². The molecule has 3 aromatic heterocycles. The monoisotopic (exact) mass is 368 g/mol. The van der Waals surface area contributed by atoms with Crippen LogP contribution in [0.5, 0.6) is 0 Å². The van der Waals surface area contributed by atoms with E-state index in [1.807, 2.05) is 53.9 Å². The van der Waals surface area contributed by atoms with E-state index in [-0.39, 0.29) is 5.91 Å². The van der Waals surface area contributed by atoms with E-state index in [1.165, 1.54) is 17.4 Å². The van der Waals surface area contributed by atoms with Crippen LogP contribution in [0.25, 0.3) is 21.9 Å². The number of hydrogen-bond donors (Lipinski definition) is 1. The summed E-state index contributed by atoms with van der Waals surface area (Å²) in [4.78, 5) is 20.9. The molecule has 0 aliphatic heterocycles. The smallest absolute Gasteiger partial charge is 0.250 e. The van der Waals surface area contributed by atoms with Crippen LogP contribution in [-0.2, 0) is 4.79 Å². The zero-order valence-electron chi connectivity index (χ0n) is 13.2. The number of amides is 1. The highest BCUT2D eigenvalue weighted by Crippen LogP contribution is 2.28. The Labute approximate surface area is 152 Å². The highest BCUT2D eigenvalue weighted by atomic mass is 35.5. The van der Waals surface area contributed by atoms with Crippen LogP contribution in [0.4, 0.5) is 5.13 Å². The van der Waals surface area contributed by atoms with Crippen LogP contribution >= 0.6 is 22.9 Å². The third-order valence-electron chi connectivity index (χ3n) is 3.77. The summed E-state index contributed by atoms with van der Waals surface area (Å²) in [6, 6.07) is 11.6. The number of imidazole rings is 1. The standard InChI is InChI=1S/C18H13ClN4OS/c1-11-5-4-6-13-16(11)22-18(25-13)21-15(24)9-8-12-17(19)20-14-7-2-3-10-23(12)14/h2-10H,1H3,(H,21,22,24)/b9-8+. The Hall–Kier alpha value is -2.70. The van der Waals surface area contributed by atoms with Gasteiger partial charge >= 0.3 is 0 Å². The van der Waals surface area contributed by atoms with Crippen LogP contribution in [0, 0.1) is 6.92 Å². The van der Waals surface area contributed by atoms with Gasteiger partial charge in [0, 0.05) is 12.3 Å². The quantitative estimate of drug-likeness (QED) is 0.539. The van der Waals surface area contributed by atoms with Crippen molar-refractivity contribution in [2.24, 2.45) is 0 Å². The highest BCUT2D eigenvalue weighted by molar-refractivity contribution is 7.22. The van der Waals surface area contributed by atoms with Crippen molar-refractivity contribution in [3.05, 3.63) is 65.1 Å². The Bertz CT molecular complexity index is 1130. The van der Waals surface area contributed by atoms with Gasteiger partial charge in [-0.05, 0) is 36.8 Å². The van der Waals surface area contributed by atoms with Gasteiger partial charge in [-0.25, -0.2) is 9.97 Å². The largest absolute Gasteiger partial charge is 0.299 e. The lowest BCUT2D eigenvalue weighted by Crippen LogP contribution is -2.07. The lowest BCUT2D eigenvalue weighted by molar-refractivity contribution is -0.111. The molecule has 124 valence electrons. The second kappa shape index (κ2) is 6.31. The molecule has 1 aromatic carbocycles. The van der Waals surface area contributed by atoms with Crippen molar-refractivity contribution in [1.82, 2.24) is 14.4 Å². The molecule has 0 bridgehead atoms. The minimum atomic E-state index is -0.265. The summed E-state index contributed by atoms with van der Waals surface area (Å²) < 4.78 is 2.87. The van der Waals surface area contributed by atoms with Gasteiger partial charge in [-0.3, -0.25) is 14.5 Å². The Kier molecular flexibility index (Phi) is 3.99. The fraction of sp³-hybridized carbons (Fsp3) is 0.0556. The molecular weight excluding hydrogens is 356 g/mol. The predicted molar refractivity (Wildman–Crippen MR) is 102 cm³/mol. The summed E-state index contributed by atoms with van der Waals surface area (Å²) in [7, 11) is 0. The number of thiazole rings is 1. The first-order chi connectivity index (χ1) is 12.1. The highest BCUT2D eigenvalue weighted by Gasteiger charge is 2.09. The summed E-state index contributed by atoms with van der Waals surface area (Å²) in [5.41, 5.74) is 3.39. The number of para-hydroxylation sites is 1. The first-order valence-electron chi connectivity index (χ1n) is 7.59. The molecule has 3 heterocycles. The summed E-state index contributed by atoms with van der Waals surface area (Å²) in [6.07, 6.45) is 4.93. The molecule has 0 aliphatic rings. The van der Waals surface area contributed by atoms with E-state index in [9.17, 15) is 4.79 Å². The zero-order valence-corrected chi connectivity index (χ0v) is 14.8. The number of carbonyl (C=O) groups excluding carboxylic acids is 1. The first kappa shape index (κ1) is 15.8. The van der Waals surface area contributed by atoms with Crippen molar-refractivity contribution in [1.29, 1.82) is 0 Å². The van der Waals surface area contributed by atoms with E-state index in [0.717, 1.165) is 21.4 Å². The van der Waals surface area contributed by atoms with Crippen molar-refractivity contribution in [2.75, 3.05) is 5.32 Å². The van der Waals surface area contributed by atoms with Gasteiger partial charge in [-0.1, -0.05) is 41.1 Å². The van der Waals surface area contributed by atoms with Crippen LogP contribution < -0.4 is 5.32 Å². The van der Waals surface area contributed by atoms with E-state index >= 15 is 0 Å². The molecule has 0 unspecified atom stereocenters. The molecule has 4 aromatic rings. The number of fused-ring (bicyclic) bond motifs is 2. The Morgan fingerprint density at radius 3 is 2.96 bits per heavy atom. The molecule has 1 N–H and O–H groups in total. The fourth-order valence-corrected chi connectivity index (χ4v) is 3.76. The lowest BCUT2D eigenvalue weighted by atomic mass is 10.2. The minimum absolute atomic E-state index is 0.265. The molecule has 0 saturated carbocycles. The molecule has 0 radical (unpaired) electrons. The van der Waals surface area contributed by atoms with E-state index in [4.69, 9.17) is 11.6 Å². The molecule has 0 aliphatic carbocycles. The average molecular weight is 369 g/mol.